The van der Waals surface area contributed by atoms with Crippen LogP contribution in [0.3, 0.4) is 0 Å². The van der Waals surface area contributed by atoms with Gasteiger partial charge < -0.3 is 14.1 Å². The minimum absolute atomic E-state index is 0.161. The fourth-order valence-electron chi connectivity index (χ4n) is 3.81. The molecule has 0 radical (unpaired) electrons. The first-order chi connectivity index (χ1) is 12.3. The summed E-state index contributed by atoms with van der Waals surface area (Å²) in [6.45, 7) is 8.07. The molecule has 2 aromatic rings. The van der Waals surface area contributed by atoms with Gasteiger partial charge in [0.25, 0.3) is 0 Å². The van der Waals surface area contributed by atoms with Gasteiger partial charge in [-0.15, -0.1) is 0 Å². The van der Waals surface area contributed by atoms with Gasteiger partial charge in [-0.2, -0.15) is 0 Å². The molecule has 0 spiro atoms. The predicted molar refractivity (Wildman–Crippen MR) is 97.7 cm³/mol. The van der Waals surface area contributed by atoms with E-state index in [-0.39, 0.29) is 6.10 Å². The van der Waals surface area contributed by atoms with Gasteiger partial charge in [0, 0.05) is 50.9 Å². The fraction of sp³-hybridized carbons (Fsp3) is 0.550. The summed E-state index contributed by atoms with van der Waals surface area (Å²) in [7, 11) is 0. The summed E-state index contributed by atoms with van der Waals surface area (Å²) in [6, 6.07) is 6.34. The van der Waals surface area contributed by atoms with E-state index in [9.17, 15) is 0 Å². The third-order valence-corrected chi connectivity index (χ3v) is 5.26. The molecule has 4 rings (SSSR count). The van der Waals surface area contributed by atoms with E-state index in [2.05, 4.69) is 39.9 Å². The van der Waals surface area contributed by atoms with Gasteiger partial charge >= 0.3 is 0 Å². The van der Waals surface area contributed by atoms with Crippen molar-refractivity contribution in [2.75, 3.05) is 37.7 Å². The molecular formula is C20H27N3O2. The molecule has 2 saturated heterocycles. The van der Waals surface area contributed by atoms with Gasteiger partial charge in [0.15, 0.2) is 0 Å². The lowest BCUT2D eigenvalue weighted by Crippen LogP contribution is -2.46. The molecule has 2 aromatic heterocycles. The van der Waals surface area contributed by atoms with E-state index < -0.39 is 0 Å². The van der Waals surface area contributed by atoms with Gasteiger partial charge in [0.1, 0.15) is 17.6 Å². The van der Waals surface area contributed by atoms with Crippen LogP contribution in [0, 0.1) is 6.92 Å². The van der Waals surface area contributed by atoms with Crippen molar-refractivity contribution in [3.05, 3.63) is 47.7 Å². The zero-order chi connectivity index (χ0) is 17.1. The second-order valence-corrected chi connectivity index (χ2v) is 7.08. The van der Waals surface area contributed by atoms with E-state index >= 15 is 0 Å². The first kappa shape index (κ1) is 16.6. The number of pyridine rings is 1. The van der Waals surface area contributed by atoms with Crippen LogP contribution in [0.2, 0.25) is 0 Å². The summed E-state index contributed by atoms with van der Waals surface area (Å²) in [5, 5.41) is 0. The molecule has 2 aliphatic heterocycles. The molecule has 0 N–H and O–H groups in total. The quantitative estimate of drug-likeness (QED) is 0.851. The summed E-state index contributed by atoms with van der Waals surface area (Å²) in [5.41, 5.74) is 2.56. The molecular weight excluding hydrogens is 314 g/mol. The van der Waals surface area contributed by atoms with Crippen molar-refractivity contribution in [3.8, 4) is 0 Å². The van der Waals surface area contributed by atoms with Crippen LogP contribution in [0.15, 0.2) is 35.0 Å². The van der Waals surface area contributed by atoms with Gasteiger partial charge in [-0.25, -0.2) is 0 Å². The maximum atomic E-state index is 6.07. The molecule has 0 saturated carbocycles. The first-order valence-electron chi connectivity index (χ1n) is 9.38. The number of anilines is 1. The number of rotatable bonds is 4. The summed E-state index contributed by atoms with van der Waals surface area (Å²) in [4.78, 5) is 9.12. The Kier molecular flexibility index (Phi) is 5.04. The molecule has 25 heavy (non-hydrogen) atoms. The molecule has 1 unspecified atom stereocenters. The highest BCUT2D eigenvalue weighted by Crippen LogP contribution is 2.29. The van der Waals surface area contributed by atoms with Crippen LogP contribution in [-0.4, -0.2) is 42.7 Å². The Morgan fingerprint density at radius 3 is 2.76 bits per heavy atom. The smallest absolute Gasteiger partial charge is 0.133 e. The normalized spacial score (nSPS) is 22.3. The summed E-state index contributed by atoms with van der Waals surface area (Å²) >= 11 is 0. The predicted octanol–water partition coefficient (Wildman–Crippen LogP) is 3.55. The van der Waals surface area contributed by atoms with Crippen molar-refractivity contribution in [2.45, 2.75) is 38.8 Å². The van der Waals surface area contributed by atoms with Crippen LogP contribution in [0.5, 0.6) is 0 Å². The average molecular weight is 341 g/mol. The SMILES string of the molecule is Cc1cnccc1N1CCN(Cc2ccc(C3CCCCO3)o2)CC1. The van der Waals surface area contributed by atoms with E-state index in [4.69, 9.17) is 9.15 Å². The van der Waals surface area contributed by atoms with E-state index in [0.717, 1.165) is 57.3 Å². The van der Waals surface area contributed by atoms with E-state index in [1.165, 1.54) is 24.1 Å². The van der Waals surface area contributed by atoms with Gasteiger partial charge in [-0.3, -0.25) is 9.88 Å². The maximum Gasteiger partial charge on any atom is 0.133 e. The number of nitrogens with zero attached hydrogens (tertiary/aromatic N) is 3. The summed E-state index contributed by atoms with van der Waals surface area (Å²) in [6.07, 6.45) is 7.47. The molecule has 134 valence electrons. The third-order valence-electron chi connectivity index (χ3n) is 5.26. The van der Waals surface area contributed by atoms with E-state index in [0.29, 0.717) is 0 Å². The number of piperazine rings is 1. The zero-order valence-corrected chi connectivity index (χ0v) is 15.0. The molecule has 4 heterocycles. The van der Waals surface area contributed by atoms with E-state index in [1.54, 1.807) is 0 Å². The Labute approximate surface area is 149 Å². The number of aryl methyl sites for hydroxylation is 1. The molecule has 2 fully saturated rings. The third kappa shape index (κ3) is 3.88. The van der Waals surface area contributed by atoms with Crippen molar-refractivity contribution < 1.29 is 9.15 Å². The minimum Gasteiger partial charge on any atom is -0.462 e. The largest absolute Gasteiger partial charge is 0.462 e. The minimum atomic E-state index is 0.161. The zero-order valence-electron chi connectivity index (χ0n) is 15.0. The second kappa shape index (κ2) is 7.58. The molecule has 0 amide bonds. The molecule has 5 heteroatoms. The Morgan fingerprint density at radius 1 is 1.12 bits per heavy atom. The number of aromatic nitrogens is 1. The van der Waals surface area contributed by atoms with Crippen LogP contribution < -0.4 is 4.90 Å². The number of hydrogen-bond donors (Lipinski definition) is 0. The molecule has 0 aromatic carbocycles. The van der Waals surface area contributed by atoms with Gasteiger partial charge in [0.2, 0.25) is 0 Å². The summed E-state index contributed by atoms with van der Waals surface area (Å²) < 4.78 is 11.9. The molecule has 1 atom stereocenters. The Morgan fingerprint density at radius 2 is 2.00 bits per heavy atom. The lowest BCUT2D eigenvalue weighted by atomic mass is 10.1. The number of hydrogen-bond acceptors (Lipinski definition) is 5. The van der Waals surface area contributed by atoms with Crippen LogP contribution in [0.4, 0.5) is 5.69 Å². The van der Waals surface area contributed by atoms with Crippen molar-refractivity contribution in [2.24, 2.45) is 0 Å². The van der Waals surface area contributed by atoms with Crippen molar-refractivity contribution >= 4 is 5.69 Å². The topological polar surface area (TPSA) is 41.7 Å². The van der Waals surface area contributed by atoms with Gasteiger partial charge in [-0.05, 0) is 49.9 Å². The van der Waals surface area contributed by atoms with Crippen LogP contribution in [0.25, 0.3) is 0 Å². The molecule has 0 aliphatic carbocycles. The standard InChI is InChI=1S/C20H27N3O2/c1-16-14-21-8-7-18(16)23-11-9-22(10-12-23)15-17-5-6-20(25-17)19-4-2-3-13-24-19/h5-8,14,19H,2-4,9-13,15H2,1H3. The average Bonchev–Trinajstić information content (AvgIpc) is 3.12. The fourth-order valence-corrected chi connectivity index (χ4v) is 3.81. The Bertz CT molecular complexity index is 686. The van der Waals surface area contributed by atoms with Gasteiger partial charge in [0.05, 0.1) is 6.54 Å². The molecule has 5 nitrogen and oxygen atoms in total. The maximum absolute atomic E-state index is 6.07. The lowest BCUT2D eigenvalue weighted by molar-refractivity contribution is 0.000833. The highest BCUT2D eigenvalue weighted by atomic mass is 16.5. The highest BCUT2D eigenvalue weighted by Gasteiger charge is 2.22. The van der Waals surface area contributed by atoms with Crippen molar-refractivity contribution in [1.29, 1.82) is 0 Å². The first-order valence-corrected chi connectivity index (χ1v) is 9.38. The Balaban J connectivity index is 1.31. The number of ether oxygens (including phenoxy) is 1. The number of furan rings is 1. The summed E-state index contributed by atoms with van der Waals surface area (Å²) in [5.74, 6) is 2.05. The van der Waals surface area contributed by atoms with Crippen molar-refractivity contribution in [1.82, 2.24) is 9.88 Å². The lowest BCUT2D eigenvalue weighted by Gasteiger charge is -2.36. The van der Waals surface area contributed by atoms with Crippen LogP contribution in [0.1, 0.15) is 42.5 Å². The second-order valence-electron chi connectivity index (χ2n) is 7.08. The Hall–Kier alpha value is -1.85. The van der Waals surface area contributed by atoms with Crippen LogP contribution >= 0.6 is 0 Å². The molecule has 2 aliphatic rings. The van der Waals surface area contributed by atoms with E-state index in [1.807, 2.05) is 12.4 Å². The highest BCUT2D eigenvalue weighted by molar-refractivity contribution is 5.51. The van der Waals surface area contributed by atoms with Crippen molar-refractivity contribution in [3.63, 3.8) is 0 Å². The monoisotopic (exact) mass is 341 g/mol. The van der Waals surface area contributed by atoms with Crippen LogP contribution in [-0.2, 0) is 11.3 Å². The molecule has 0 bridgehead atoms. The van der Waals surface area contributed by atoms with Gasteiger partial charge in [-0.1, -0.05) is 0 Å².